The molecule has 2 aromatic rings. The first-order chi connectivity index (χ1) is 7.31. The molecule has 0 unspecified atom stereocenters. The molecule has 15 heavy (non-hydrogen) atoms. The van der Waals surface area contributed by atoms with Gasteiger partial charge in [-0.3, -0.25) is 9.78 Å². The summed E-state index contributed by atoms with van der Waals surface area (Å²) in [4.78, 5) is 15.0. The van der Waals surface area contributed by atoms with Gasteiger partial charge in [-0.05, 0) is 6.07 Å². The van der Waals surface area contributed by atoms with Crippen LogP contribution in [0.2, 0.25) is 0 Å². The van der Waals surface area contributed by atoms with Crippen LogP contribution in [0.3, 0.4) is 0 Å². The second-order valence-electron chi connectivity index (χ2n) is 3.19. The van der Waals surface area contributed by atoms with E-state index < -0.39 is 0 Å². The highest BCUT2D eigenvalue weighted by Crippen LogP contribution is 2.21. The molecule has 3 nitrogen and oxygen atoms in total. The van der Waals surface area contributed by atoms with E-state index in [1.165, 1.54) is 0 Å². The van der Waals surface area contributed by atoms with E-state index in [0.717, 1.165) is 11.8 Å². The Kier molecular flexibility index (Phi) is 2.46. The first-order valence-corrected chi connectivity index (χ1v) is 4.57. The summed E-state index contributed by atoms with van der Waals surface area (Å²) in [5.74, 6) is 0. The third-order valence-electron chi connectivity index (χ3n) is 2.11. The first kappa shape index (κ1) is 9.40. The Morgan fingerprint density at radius 3 is 2.60 bits per heavy atom. The normalized spacial score (nSPS) is 9.87. The number of aldehydes is 1. The van der Waals surface area contributed by atoms with Gasteiger partial charge in [-0.1, -0.05) is 30.3 Å². The van der Waals surface area contributed by atoms with E-state index in [4.69, 9.17) is 5.73 Å². The predicted octanol–water partition coefficient (Wildman–Crippen LogP) is 2.14. The van der Waals surface area contributed by atoms with E-state index in [9.17, 15) is 4.79 Å². The van der Waals surface area contributed by atoms with Crippen LogP contribution in [0.1, 0.15) is 10.4 Å². The van der Waals surface area contributed by atoms with Crippen molar-refractivity contribution >= 4 is 12.0 Å². The lowest BCUT2D eigenvalue weighted by Gasteiger charge is -2.04. The Bertz CT molecular complexity index is 480. The summed E-state index contributed by atoms with van der Waals surface area (Å²) in [7, 11) is 0. The molecule has 0 saturated heterocycles. The quantitative estimate of drug-likeness (QED) is 0.752. The summed E-state index contributed by atoms with van der Waals surface area (Å²) in [5.41, 5.74) is 8.15. The Balaban J connectivity index is 2.58. The van der Waals surface area contributed by atoms with Gasteiger partial charge in [-0.2, -0.15) is 0 Å². The molecule has 0 aliphatic rings. The van der Waals surface area contributed by atoms with Crippen LogP contribution in [-0.2, 0) is 0 Å². The topological polar surface area (TPSA) is 56.0 Å². The largest absolute Gasteiger partial charge is 0.397 e. The molecule has 0 aliphatic heterocycles. The molecular weight excluding hydrogens is 188 g/mol. The minimum absolute atomic E-state index is 0.497. The number of carbonyl (C=O) groups excluding carboxylic acids is 1. The van der Waals surface area contributed by atoms with Crippen molar-refractivity contribution < 1.29 is 4.79 Å². The van der Waals surface area contributed by atoms with Crippen molar-refractivity contribution in [3.05, 3.63) is 48.2 Å². The molecule has 74 valence electrons. The molecule has 1 aromatic carbocycles. The average molecular weight is 198 g/mol. The third kappa shape index (κ3) is 1.86. The van der Waals surface area contributed by atoms with Crippen molar-refractivity contribution in [1.82, 2.24) is 4.98 Å². The lowest BCUT2D eigenvalue weighted by Crippen LogP contribution is -1.95. The lowest BCUT2D eigenvalue weighted by atomic mass is 10.1. The van der Waals surface area contributed by atoms with E-state index in [0.29, 0.717) is 16.9 Å². The Morgan fingerprint density at radius 2 is 1.93 bits per heavy atom. The van der Waals surface area contributed by atoms with Crippen LogP contribution in [0.4, 0.5) is 5.69 Å². The number of carbonyl (C=O) groups is 1. The van der Waals surface area contributed by atoms with Crippen LogP contribution >= 0.6 is 0 Å². The summed E-state index contributed by atoms with van der Waals surface area (Å²) in [6.07, 6.45) is 2.32. The number of benzene rings is 1. The Morgan fingerprint density at radius 1 is 1.20 bits per heavy atom. The van der Waals surface area contributed by atoms with Gasteiger partial charge in [0.25, 0.3) is 0 Å². The summed E-state index contributed by atoms with van der Waals surface area (Å²) in [6.45, 7) is 0. The number of nitrogen functional groups attached to an aromatic ring is 1. The number of nitrogens with zero attached hydrogens (tertiary/aromatic N) is 1. The number of aromatic nitrogens is 1. The van der Waals surface area contributed by atoms with Crippen molar-refractivity contribution in [2.75, 3.05) is 5.73 Å². The zero-order valence-corrected chi connectivity index (χ0v) is 8.05. The SMILES string of the molecule is Nc1cnc(-c2ccccc2)c(C=O)c1. The lowest BCUT2D eigenvalue weighted by molar-refractivity contribution is 0.112. The molecular formula is C12H10N2O. The summed E-state index contributed by atoms with van der Waals surface area (Å²) < 4.78 is 0. The van der Waals surface area contributed by atoms with E-state index in [1.54, 1.807) is 12.3 Å². The number of hydrogen-bond donors (Lipinski definition) is 1. The highest BCUT2D eigenvalue weighted by Gasteiger charge is 2.05. The standard InChI is InChI=1S/C12H10N2O/c13-11-6-10(8-15)12(14-7-11)9-4-2-1-3-5-9/h1-8H,13H2. The van der Waals surface area contributed by atoms with Gasteiger partial charge >= 0.3 is 0 Å². The van der Waals surface area contributed by atoms with Gasteiger partial charge < -0.3 is 5.73 Å². The van der Waals surface area contributed by atoms with E-state index in [-0.39, 0.29) is 0 Å². The minimum atomic E-state index is 0.497. The van der Waals surface area contributed by atoms with Crippen molar-refractivity contribution in [1.29, 1.82) is 0 Å². The molecule has 0 radical (unpaired) electrons. The van der Waals surface area contributed by atoms with E-state index in [2.05, 4.69) is 4.98 Å². The number of nitrogens with two attached hydrogens (primary N) is 1. The number of hydrogen-bond acceptors (Lipinski definition) is 3. The Hall–Kier alpha value is -2.16. The summed E-state index contributed by atoms with van der Waals surface area (Å²) >= 11 is 0. The average Bonchev–Trinajstić information content (AvgIpc) is 2.30. The van der Waals surface area contributed by atoms with Crippen molar-refractivity contribution in [3.8, 4) is 11.3 Å². The molecule has 0 fully saturated rings. The maximum Gasteiger partial charge on any atom is 0.152 e. The van der Waals surface area contributed by atoms with Crippen LogP contribution in [0.5, 0.6) is 0 Å². The summed E-state index contributed by atoms with van der Waals surface area (Å²) in [6, 6.07) is 11.2. The van der Waals surface area contributed by atoms with Crippen molar-refractivity contribution in [2.24, 2.45) is 0 Å². The fourth-order valence-corrected chi connectivity index (χ4v) is 1.43. The molecule has 0 bridgehead atoms. The second kappa shape index (κ2) is 3.92. The van der Waals surface area contributed by atoms with Crippen molar-refractivity contribution in [3.63, 3.8) is 0 Å². The van der Waals surface area contributed by atoms with E-state index >= 15 is 0 Å². The smallest absolute Gasteiger partial charge is 0.152 e. The molecule has 0 aliphatic carbocycles. The highest BCUT2D eigenvalue weighted by molar-refractivity contribution is 5.86. The maximum atomic E-state index is 10.9. The molecule has 2 N–H and O–H groups in total. The molecule has 0 atom stereocenters. The van der Waals surface area contributed by atoms with Gasteiger partial charge in [-0.15, -0.1) is 0 Å². The highest BCUT2D eigenvalue weighted by atomic mass is 16.1. The summed E-state index contributed by atoms with van der Waals surface area (Å²) in [5, 5.41) is 0. The fraction of sp³-hybridized carbons (Fsp3) is 0. The Labute approximate surface area is 87.6 Å². The number of rotatable bonds is 2. The molecule has 1 aromatic heterocycles. The molecule has 0 spiro atoms. The van der Waals surface area contributed by atoms with Crippen LogP contribution < -0.4 is 5.73 Å². The van der Waals surface area contributed by atoms with Gasteiger partial charge in [0.05, 0.1) is 17.6 Å². The van der Waals surface area contributed by atoms with Crippen LogP contribution in [0.25, 0.3) is 11.3 Å². The molecule has 0 amide bonds. The molecule has 1 heterocycles. The van der Waals surface area contributed by atoms with Gasteiger partial charge in [-0.25, -0.2) is 0 Å². The number of anilines is 1. The zero-order chi connectivity index (χ0) is 10.7. The minimum Gasteiger partial charge on any atom is -0.397 e. The van der Waals surface area contributed by atoms with Gasteiger partial charge in [0.2, 0.25) is 0 Å². The molecule has 0 saturated carbocycles. The van der Waals surface area contributed by atoms with Crippen LogP contribution in [0.15, 0.2) is 42.6 Å². The zero-order valence-electron chi connectivity index (χ0n) is 8.05. The molecule has 2 rings (SSSR count). The van der Waals surface area contributed by atoms with Gasteiger partial charge in [0.15, 0.2) is 6.29 Å². The second-order valence-corrected chi connectivity index (χ2v) is 3.19. The first-order valence-electron chi connectivity index (χ1n) is 4.57. The van der Waals surface area contributed by atoms with Crippen LogP contribution in [-0.4, -0.2) is 11.3 Å². The number of pyridine rings is 1. The third-order valence-corrected chi connectivity index (χ3v) is 2.11. The predicted molar refractivity (Wildman–Crippen MR) is 59.5 cm³/mol. The van der Waals surface area contributed by atoms with E-state index in [1.807, 2.05) is 30.3 Å². The van der Waals surface area contributed by atoms with Crippen molar-refractivity contribution in [2.45, 2.75) is 0 Å². The fourth-order valence-electron chi connectivity index (χ4n) is 1.43. The van der Waals surface area contributed by atoms with Gasteiger partial charge in [0.1, 0.15) is 0 Å². The van der Waals surface area contributed by atoms with Crippen LogP contribution in [0, 0.1) is 0 Å². The molecule has 3 heteroatoms. The van der Waals surface area contributed by atoms with Gasteiger partial charge in [0, 0.05) is 11.1 Å². The monoisotopic (exact) mass is 198 g/mol. The maximum absolute atomic E-state index is 10.9.